The molecule has 0 radical (unpaired) electrons. The summed E-state index contributed by atoms with van der Waals surface area (Å²) in [5.74, 6) is -1.64. The van der Waals surface area contributed by atoms with Crippen molar-refractivity contribution < 1.29 is 23.4 Å². The van der Waals surface area contributed by atoms with Crippen LogP contribution in [0.2, 0.25) is 5.02 Å². The lowest BCUT2D eigenvalue weighted by molar-refractivity contribution is 0.0468. The van der Waals surface area contributed by atoms with Crippen LogP contribution in [0, 0.1) is 5.82 Å². The lowest BCUT2D eigenvalue weighted by atomic mass is 10.0. The molecule has 0 saturated heterocycles. The van der Waals surface area contributed by atoms with Gasteiger partial charge in [0.1, 0.15) is 23.8 Å². The summed E-state index contributed by atoms with van der Waals surface area (Å²) in [6, 6.07) is 7.77. The van der Waals surface area contributed by atoms with Crippen LogP contribution in [-0.2, 0) is 17.8 Å². The molecule has 0 amide bonds. The third kappa shape index (κ3) is 3.55. The lowest BCUT2D eigenvalue weighted by Gasteiger charge is -2.10. The van der Waals surface area contributed by atoms with Crippen LogP contribution in [0.25, 0.3) is 11.0 Å². The summed E-state index contributed by atoms with van der Waals surface area (Å²) in [6.07, 6.45) is 0.563. The molecule has 26 heavy (non-hydrogen) atoms. The van der Waals surface area contributed by atoms with Crippen molar-refractivity contribution in [2.24, 2.45) is 0 Å². The summed E-state index contributed by atoms with van der Waals surface area (Å²) < 4.78 is 24.0. The number of phenolic OH excluding ortho intramolecular Hbond substituents is 1. The molecule has 2 aromatic carbocycles. The maximum absolute atomic E-state index is 13.8. The highest BCUT2D eigenvalue weighted by Crippen LogP contribution is 2.27. The quantitative estimate of drug-likeness (QED) is 0.545. The summed E-state index contributed by atoms with van der Waals surface area (Å²) >= 11 is 5.77. The molecule has 0 unspecified atom stereocenters. The van der Waals surface area contributed by atoms with Crippen molar-refractivity contribution in [1.82, 2.24) is 0 Å². The van der Waals surface area contributed by atoms with Crippen LogP contribution in [0.4, 0.5) is 4.39 Å². The second-order valence-electron chi connectivity index (χ2n) is 5.62. The van der Waals surface area contributed by atoms with Crippen LogP contribution in [0.3, 0.4) is 0 Å². The fourth-order valence-electron chi connectivity index (χ4n) is 2.58. The first-order chi connectivity index (χ1) is 12.4. The molecule has 1 aromatic heterocycles. The van der Waals surface area contributed by atoms with Crippen molar-refractivity contribution in [2.45, 2.75) is 20.0 Å². The van der Waals surface area contributed by atoms with E-state index in [4.69, 9.17) is 20.8 Å². The highest BCUT2D eigenvalue weighted by molar-refractivity contribution is 6.30. The van der Waals surface area contributed by atoms with Gasteiger partial charge in [-0.15, -0.1) is 0 Å². The van der Waals surface area contributed by atoms with Crippen LogP contribution in [0.1, 0.15) is 28.4 Å². The second-order valence-corrected chi connectivity index (χ2v) is 6.06. The Morgan fingerprint density at radius 2 is 2.00 bits per heavy atom. The minimum absolute atomic E-state index is 0.0123. The van der Waals surface area contributed by atoms with Gasteiger partial charge in [0.25, 0.3) is 0 Å². The Morgan fingerprint density at radius 3 is 2.73 bits per heavy atom. The smallest absolute Gasteiger partial charge is 0.341 e. The molecule has 5 nitrogen and oxygen atoms in total. The van der Waals surface area contributed by atoms with Gasteiger partial charge < -0.3 is 14.3 Å². The van der Waals surface area contributed by atoms with Crippen molar-refractivity contribution in [3.8, 4) is 5.75 Å². The van der Waals surface area contributed by atoms with Crippen LogP contribution in [0.15, 0.2) is 45.6 Å². The number of rotatable bonds is 4. The van der Waals surface area contributed by atoms with Crippen LogP contribution in [-0.4, -0.2) is 11.1 Å². The molecule has 0 fully saturated rings. The summed E-state index contributed by atoms with van der Waals surface area (Å²) in [6.45, 7) is 1.60. The summed E-state index contributed by atoms with van der Waals surface area (Å²) in [4.78, 5) is 23.8. The Kier molecular flexibility index (Phi) is 4.95. The van der Waals surface area contributed by atoms with Gasteiger partial charge in [0.2, 0.25) is 0 Å². The zero-order chi connectivity index (χ0) is 18.8. The van der Waals surface area contributed by atoms with E-state index in [-0.39, 0.29) is 28.5 Å². The Morgan fingerprint density at radius 1 is 1.23 bits per heavy atom. The standard InChI is InChI=1S/C19H14ClFO5/c1-2-10-5-13-11(6-18(23)26-17(13)8-16(10)22)9-25-19(24)14-7-12(20)3-4-15(14)21/h3-8,22H,2,9H2,1H3. The first kappa shape index (κ1) is 17.9. The Hall–Kier alpha value is -2.86. The van der Waals surface area contributed by atoms with Gasteiger partial charge in [0, 0.05) is 28.1 Å². The number of halogens is 2. The van der Waals surface area contributed by atoms with E-state index in [2.05, 4.69) is 0 Å². The predicted octanol–water partition coefficient (Wildman–Crippen LogP) is 4.21. The molecule has 7 heteroatoms. The van der Waals surface area contributed by atoms with Crippen molar-refractivity contribution in [3.63, 3.8) is 0 Å². The summed E-state index contributed by atoms with van der Waals surface area (Å²) in [5.41, 5.74) is 0.270. The second kappa shape index (κ2) is 7.17. The van der Waals surface area contributed by atoms with Crippen molar-refractivity contribution in [1.29, 1.82) is 0 Å². The fourth-order valence-corrected chi connectivity index (χ4v) is 2.76. The molecule has 1 N–H and O–H groups in total. The number of esters is 1. The molecule has 0 saturated carbocycles. The lowest BCUT2D eigenvalue weighted by Crippen LogP contribution is -2.09. The van der Waals surface area contributed by atoms with Gasteiger partial charge in [-0.2, -0.15) is 0 Å². The van der Waals surface area contributed by atoms with Crippen LogP contribution >= 0.6 is 11.6 Å². The summed E-state index contributed by atoms with van der Waals surface area (Å²) in [7, 11) is 0. The van der Waals surface area contributed by atoms with E-state index in [1.54, 1.807) is 6.07 Å². The van der Waals surface area contributed by atoms with Gasteiger partial charge in [-0.1, -0.05) is 18.5 Å². The Labute approximate surface area is 152 Å². The Balaban J connectivity index is 1.94. The number of benzene rings is 2. The molecule has 0 atom stereocenters. The van der Waals surface area contributed by atoms with Gasteiger partial charge in [0.05, 0.1) is 5.56 Å². The average Bonchev–Trinajstić information content (AvgIpc) is 2.60. The topological polar surface area (TPSA) is 76.7 Å². The molecular formula is C19H14ClFO5. The average molecular weight is 377 g/mol. The van der Waals surface area contributed by atoms with E-state index in [1.807, 2.05) is 6.92 Å². The van der Waals surface area contributed by atoms with Crippen molar-refractivity contribution in [2.75, 3.05) is 0 Å². The van der Waals surface area contributed by atoms with Gasteiger partial charge in [-0.25, -0.2) is 14.0 Å². The van der Waals surface area contributed by atoms with Crippen molar-refractivity contribution in [3.05, 3.63) is 74.3 Å². The van der Waals surface area contributed by atoms with E-state index in [1.165, 1.54) is 24.3 Å². The Bertz CT molecular complexity index is 1060. The SMILES string of the molecule is CCc1cc2c(COC(=O)c3cc(Cl)ccc3F)cc(=O)oc2cc1O. The molecule has 3 rings (SSSR count). The number of ether oxygens (including phenoxy) is 1. The minimum Gasteiger partial charge on any atom is -0.508 e. The highest BCUT2D eigenvalue weighted by Gasteiger charge is 2.16. The van der Waals surface area contributed by atoms with E-state index in [9.17, 15) is 19.1 Å². The van der Waals surface area contributed by atoms with E-state index in [0.717, 1.165) is 6.07 Å². The first-order valence-corrected chi connectivity index (χ1v) is 8.17. The molecule has 0 aliphatic carbocycles. The molecule has 3 aromatic rings. The number of hydrogen-bond acceptors (Lipinski definition) is 5. The van der Waals surface area contributed by atoms with E-state index in [0.29, 0.717) is 22.9 Å². The monoisotopic (exact) mass is 376 g/mol. The number of aromatic hydroxyl groups is 1. The number of carbonyl (C=O) groups is 1. The molecule has 134 valence electrons. The minimum atomic E-state index is -0.902. The first-order valence-electron chi connectivity index (χ1n) is 7.80. The normalized spacial score (nSPS) is 10.9. The molecule has 0 aliphatic heterocycles. The van der Waals surface area contributed by atoms with Crippen molar-refractivity contribution >= 4 is 28.5 Å². The molecule has 0 spiro atoms. The predicted molar refractivity (Wildman–Crippen MR) is 94.1 cm³/mol. The van der Waals surface area contributed by atoms with Crippen LogP contribution in [0.5, 0.6) is 5.75 Å². The molecular weight excluding hydrogens is 363 g/mol. The molecule has 0 bridgehead atoms. The summed E-state index contributed by atoms with van der Waals surface area (Å²) in [5, 5.41) is 10.6. The largest absolute Gasteiger partial charge is 0.508 e. The zero-order valence-electron chi connectivity index (χ0n) is 13.7. The zero-order valence-corrected chi connectivity index (χ0v) is 14.5. The maximum Gasteiger partial charge on any atom is 0.341 e. The number of aryl methyl sites for hydroxylation is 1. The molecule has 1 heterocycles. The van der Waals surface area contributed by atoms with Gasteiger partial charge in [-0.3, -0.25) is 0 Å². The third-order valence-corrected chi connectivity index (χ3v) is 4.15. The van der Waals surface area contributed by atoms with E-state index >= 15 is 0 Å². The fraction of sp³-hybridized carbons (Fsp3) is 0.158. The third-order valence-electron chi connectivity index (χ3n) is 3.92. The van der Waals surface area contributed by atoms with Gasteiger partial charge in [0.15, 0.2) is 0 Å². The maximum atomic E-state index is 13.8. The number of fused-ring (bicyclic) bond motifs is 1. The number of carbonyl (C=O) groups excluding carboxylic acids is 1. The number of hydrogen-bond donors (Lipinski definition) is 1. The number of phenols is 1. The van der Waals surface area contributed by atoms with Gasteiger partial charge >= 0.3 is 11.6 Å². The highest BCUT2D eigenvalue weighted by atomic mass is 35.5. The van der Waals surface area contributed by atoms with E-state index < -0.39 is 17.4 Å². The molecule has 0 aliphatic rings. The van der Waals surface area contributed by atoms with Gasteiger partial charge in [-0.05, 0) is 36.2 Å². The van der Waals surface area contributed by atoms with Crippen LogP contribution < -0.4 is 5.63 Å².